The Kier molecular flexibility index (Phi) is 2.93. The maximum Gasteiger partial charge on any atom is 0.270 e. The van der Waals surface area contributed by atoms with Gasteiger partial charge in [0.1, 0.15) is 11.0 Å². The van der Waals surface area contributed by atoms with E-state index in [2.05, 4.69) is 9.97 Å². The smallest absolute Gasteiger partial charge is 0.258 e. The van der Waals surface area contributed by atoms with Gasteiger partial charge in [0, 0.05) is 23.4 Å². The van der Waals surface area contributed by atoms with E-state index in [0.29, 0.717) is 16.7 Å². The summed E-state index contributed by atoms with van der Waals surface area (Å²) in [6.07, 6.45) is 0. The molecule has 0 amide bonds. The number of benzene rings is 1. The number of non-ortho nitro benzene ring substituents is 1. The molecule has 0 radical (unpaired) electrons. The van der Waals surface area contributed by atoms with E-state index < -0.39 is 4.92 Å². The second-order valence-corrected chi connectivity index (χ2v) is 4.34. The van der Waals surface area contributed by atoms with E-state index in [4.69, 9.17) is 11.6 Å². The minimum Gasteiger partial charge on any atom is -0.258 e. The Labute approximate surface area is 103 Å². The van der Waals surface area contributed by atoms with Crippen LogP contribution in [0.5, 0.6) is 0 Å². The van der Waals surface area contributed by atoms with Crippen LogP contribution in [0, 0.1) is 10.1 Å². The van der Waals surface area contributed by atoms with Crippen LogP contribution in [0.15, 0.2) is 18.2 Å². The number of nitrogens with zero attached hydrogens (tertiary/aromatic N) is 3. The number of rotatable bonds is 2. The standard InChI is InChI=1S/C11H10ClN3O2/c1-6(2)11-13-9-4-3-7(15(16)17)5-8(9)10(12)14-11/h3-6H,1-2H3. The third kappa shape index (κ3) is 2.19. The fourth-order valence-electron chi connectivity index (χ4n) is 1.47. The third-order valence-corrected chi connectivity index (χ3v) is 2.67. The number of aromatic nitrogens is 2. The van der Waals surface area contributed by atoms with Crippen LogP contribution in [0.4, 0.5) is 5.69 Å². The summed E-state index contributed by atoms with van der Waals surface area (Å²) in [5.74, 6) is 0.795. The van der Waals surface area contributed by atoms with Gasteiger partial charge in [-0.05, 0) is 6.07 Å². The molecular weight excluding hydrogens is 242 g/mol. The van der Waals surface area contributed by atoms with E-state index in [9.17, 15) is 10.1 Å². The number of hydrogen-bond donors (Lipinski definition) is 0. The van der Waals surface area contributed by atoms with Gasteiger partial charge in [0.05, 0.1) is 10.4 Å². The molecule has 0 saturated heterocycles. The van der Waals surface area contributed by atoms with Crippen LogP contribution in [0.25, 0.3) is 10.9 Å². The summed E-state index contributed by atoms with van der Waals surface area (Å²) in [6.45, 7) is 3.92. The molecule has 0 atom stereocenters. The van der Waals surface area contributed by atoms with Crippen molar-refractivity contribution >= 4 is 28.2 Å². The molecular formula is C11H10ClN3O2. The van der Waals surface area contributed by atoms with Crippen molar-refractivity contribution in [2.24, 2.45) is 0 Å². The van der Waals surface area contributed by atoms with Gasteiger partial charge in [-0.1, -0.05) is 25.4 Å². The molecule has 1 aromatic heterocycles. The van der Waals surface area contributed by atoms with Crippen molar-refractivity contribution in [3.05, 3.63) is 39.3 Å². The summed E-state index contributed by atoms with van der Waals surface area (Å²) in [7, 11) is 0. The quantitative estimate of drug-likeness (QED) is 0.466. The molecule has 0 bridgehead atoms. The summed E-state index contributed by atoms with van der Waals surface area (Å²) in [4.78, 5) is 18.6. The van der Waals surface area contributed by atoms with Gasteiger partial charge < -0.3 is 0 Å². The van der Waals surface area contributed by atoms with Gasteiger partial charge in [0.15, 0.2) is 0 Å². The lowest BCUT2D eigenvalue weighted by Crippen LogP contribution is -1.99. The summed E-state index contributed by atoms with van der Waals surface area (Å²) in [6, 6.07) is 4.39. The van der Waals surface area contributed by atoms with E-state index in [1.165, 1.54) is 12.1 Å². The maximum atomic E-state index is 10.7. The predicted octanol–water partition coefficient (Wildman–Crippen LogP) is 3.31. The lowest BCUT2D eigenvalue weighted by Gasteiger charge is -2.06. The van der Waals surface area contributed by atoms with Gasteiger partial charge in [0.2, 0.25) is 0 Å². The summed E-state index contributed by atoms with van der Waals surface area (Å²) >= 11 is 6.01. The minimum atomic E-state index is -0.466. The van der Waals surface area contributed by atoms with E-state index in [0.717, 1.165) is 0 Å². The SMILES string of the molecule is CC(C)c1nc(Cl)c2cc([N+](=O)[O-])ccc2n1. The fraction of sp³-hybridized carbons (Fsp3) is 0.273. The number of fused-ring (bicyclic) bond motifs is 1. The van der Waals surface area contributed by atoms with E-state index in [1.54, 1.807) is 6.07 Å². The molecule has 0 spiro atoms. The third-order valence-electron chi connectivity index (χ3n) is 2.38. The normalized spacial score (nSPS) is 11.1. The highest BCUT2D eigenvalue weighted by Crippen LogP contribution is 2.26. The molecule has 17 heavy (non-hydrogen) atoms. The Morgan fingerprint density at radius 2 is 2.06 bits per heavy atom. The summed E-state index contributed by atoms with van der Waals surface area (Å²) in [5.41, 5.74) is 0.611. The van der Waals surface area contributed by atoms with Gasteiger partial charge in [-0.25, -0.2) is 9.97 Å². The Morgan fingerprint density at radius 1 is 1.35 bits per heavy atom. The Bertz CT molecular complexity index is 599. The van der Waals surface area contributed by atoms with Crippen molar-refractivity contribution in [1.82, 2.24) is 9.97 Å². The van der Waals surface area contributed by atoms with Crippen LogP contribution >= 0.6 is 11.6 Å². The largest absolute Gasteiger partial charge is 0.270 e. The summed E-state index contributed by atoms with van der Waals surface area (Å²) < 4.78 is 0. The molecule has 0 aliphatic heterocycles. The molecule has 0 saturated carbocycles. The summed E-state index contributed by atoms with van der Waals surface area (Å²) in [5, 5.41) is 11.4. The molecule has 1 aromatic carbocycles. The first-order valence-corrected chi connectivity index (χ1v) is 5.48. The first kappa shape index (κ1) is 11.7. The van der Waals surface area contributed by atoms with Crippen molar-refractivity contribution in [3.8, 4) is 0 Å². The lowest BCUT2D eigenvalue weighted by atomic mass is 10.2. The van der Waals surface area contributed by atoms with Crippen LogP contribution in [-0.4, -0.2) is 14.9 Å². The van der Waals surface area contributed by atoms with Crippen molar-refractivity contribution in [1.29, 1.82) is 0 Å². The highest BCUT2D eigenvalue weighted by Gasteiger charge is 2.12. The highest BCUT2D eigenvalue weighted by atomic mass is 35.5. The van der Waals surface area contributed by atoms with Gasteiger partial charge in [0.25, 0.3) is 5.69 Å². The number of nitro benzene ring substituents is 1. The lowest BCUT2D eigenvalue weighted by molar-refractivity contribution is -0.384. The number of halogens is 1. The molecule has 88 valence electrons. The van der Waals surface area contributed by atoms with Crippen molar-refractivity contribution in [2.75, 3.05) is 0 Å². The molecule has 0 aliphatic carbocycles. The van der Waals surface area contributed by atoms with Crippen molar-refractivity contribution in [3.63, 3.8) is 0 Å². The van der Waals surface area contributed by atoms with Gasteiger partial charge >= 0.3 is 0 Å². The number of nitro groups is 1. The molecule has 5 nitrogen and oxygen atoms in total. The zero-order chi connectivity index (χ0) is 12.6. The fourth-order valence-corrected chi connectivity index (χ4v) is 1.71. The average molecular weight is 252 g/mol. The monoisotopic (exact) mass is 251 g/mol. The molecule has 0 fully saturated rings. The van der Waals surface area contributed by atoms with Gasteiger partial charge in [-0.3, -0.25) is 10.1 Å². The first-order chi connectivity index (χ1) is 7.99. The van der Waals surface area contributed by atoms with Crippen LogP contribution in [0.1, 0.15) is 25.6 Å². The Morgan fingerprint density at radius 3 is 2.65 bits per heavy atom. The van der Waals surface area contributed by atoms with E-state index >= 15 is 0 Å². The van der Waals surface area contributed by atoms with Crippen molar-refractivity contribution < 1.29 is 4.92 Å². The van der Waals surface area contributed by atoms with E-state index in [1.807, 2.05) is 13.8 Å². The van der Waals surface area contributed by atoms with Crippen LogP contribution in [0.3, 0.4) is 0 Å². The molecule has 0 unspecified atom stereocenters. The topological polar surface area (TPSA) is 68.9 Å². The highest BCUT2D eigenvalue weighted by molar-refractivity contribution is 6.34. The van der Waals surface area contributed by atoms with Crippen LogP contribution in [0.2, 0.25) is 5.15 Å². The molecule has 2 aromatic rings. The van der Waals surface area contributed by atoms with Crippen molar-refractivity contribution in [2.45, 2.75) is 19.8 Å². The zero-order valence-electron chi connectivity index (χ0n) is 9.35. The molecule has 2 rings (SSSR count). The second kappa shape index (κ2) is 4.25. The number of hydrogen-bond acceptors (Lipinski definition) is 4. The van der Waals surface area contributed by atoms with Crippen LogP contribution in [-0.2, 0) is 0 Å². The molecule has 1 heterocycles. The van der Waals surface area contributed by atoms with Gasteiger partial charge in [-0.15, -0.1) is 0 Å². The molecule has 6 heteroatoms. The molecule has 0 aliphatic rings. The maximum absolute atomic E-state index is 10.7. The Balaban J connectivity index is 2.68. The van der Waals surface area contributed by atoms with E-state index in [-0.39, 0.29) is 16.8 Å². The average Bonchev–Trinajstić information content (AvgIpc) is 2.28. The molecule has 0 N–H and O–H groups in total. The Hall–Kier alpha value is -1.75. The predicted molar refractivity (Wildman–Crippen MR) is 65.3 cm³/mol. The van der Waals surface area contributed by atoms with Crippen LogP contribution < -0.4 is 0 Å². The van der Waals surface area contributed by atoms with Gasteiger partial charge in [-0.2, -0.15) is 0 Å². The first-order valence-electron chi connectivity index (χ1n) is 5.10. The minimum absolute atomic E-state index is 0.0136. The second-order valence-electron chi connectivity index (χ2n) is 3.99. The zero-order valence-corrected chi connectivity index (χ0v) is 10.1.